The Morgan fingerprint density at radius 2 is 2.05 bits per heavy atom. The van der Waals surface area contributed by atoms with Crippen LogP contribution >= 0.6 is 0 Å². The van der Waals surface area contributed by atoms with Gasteiger partial charge in [-0.1, -0.05) is 31.5 Å². The van der Waals surface area contributed by atoms with E-state index in [0.29, 0.717) is 13.0 Å². The molecule has 0 saturated heterocycles. The highest BCUT2D eigenvalue weighted by molar-refractivity contribution is 5.70. The van der Waals surface area contributed by atoms with Gasteiger partial charge < -0.3 is 9.64 Å². The van der Waals surface area contributed by atoms with E-state index in [1.807, 2.05) is 30.3 Å². The van der Waals surface area contributed by atoms with Gasteiger partial charge in [0.1, 0.15) is 6.07 Å². The molecule has 0 aromatic heterocycles. The van der Waals surface area contributed by atoms with Crippen LogP contribution in [0.25, 0.3) is 0 Å². The fourth-order valence-corrected chi connectivity index (χ4v) is 1.77. The number of hydrogen-bond donors (Lipinski definition) is 0. The maximum atomic E-state index is 11.4. The van der Waals surface area contributed by atoms with E-state index >= 15 is 0 Å². The lowest BCUT2D eigenvalue weighted by atomic mass is 10.2. The summed E-state index contributed by atoms with van der Waals surface area (Å²) in [7, 11) is 0. The summed E-state index contributed by atoms with van der Waals surface area (Å²) < 4.78 is 4.76. The van der Waals surface area contributed by atoms with Gasteiger partial charge in [0.2, 0.25) is 0 Å². The Bertz CT molecular complexity index is 412. The van der Waals surface area contributed by atoms with E-state index in [1.165, 1.54) is 0 Å². The zero-order valence-electron chi connectivity index (χ0n) is 11.3. The zero-order chi connectivity index (χ0) is 13.9. The molecule has 1 aromatic carbocycles. The molecule has 0 amide bonds. The lowest BCUT2D eigenvalue weighted by Crippen LogP contribution is -2.27. The third kappa shape index (κ3) is 5.91. The molecule has 0 unspecified atom stereocenters. The van der Waals surface area contributed by atoms with Gasteiger partial charge in [-0.3, -0.25) is 4.79 Å². The Kier molecular flexibility index (Phi) is 7.11. The molecule has 0 heterocycles. The molecule has 0 saturated carbocycles. The number of ether oxygens (including phenoxy) is 1. The van der Waals surface area contributed by atoms with Crippen molar-refractivity contribution in [1.82, 2.24) is 0 Å². The molecule has 0 radical (unpaired) electrons. The van der Waals surface area contributed by atoms with Crippen LogP contribution in [0.3, 0.4) is 0 Å². The minimum Gasteiger partial charge on any atom is -0.450 e. The van der Waals surface area contributed by atoms with Crippen molar-refractivity contribution in [3.8, 4) is 6.07 Å². The maximum absolute atomic E-state index is 11.4. The van der Waals surface area contributed by atoms with Crippen LogP contribution < -0.4 is 4.90 Å². The van der Waals surface area contributed by atoms with E-state index < -0.39 is 0 Å². The van der Waals surface area contributed by atoms with Gasteiger partial charge in [-0.2, -0.15) is 5.26 Å². The Morgan fingerprint density at radius 1 is 1.32 bits per heavy atom. The van der Waals surface area contributed by atoms with Crippen molar-refractivity contribution in [2.45, 2.75) is 26.2 Å². The number of benzene rings is 1. The Labute approximate surface area is 114 Å². The number of unbranched alkanes of at least 4 members (excludes halogenated alkanes) is 1. The van der Waals surface area contributed by atoms with Gasteiger partial charge >= 0.3 is 5.97 Å². The maximum Gasteiger partial charge on any atom is 0.308 e. The largest absolute Gasteiger partial charge is 0.450 e. The molecular weight excluding hydrogens is 240 g/mol. The van der Waals surface area contributed by atoms with Gasteiger partial charge in [-0.25, -0.2) is 0 Å². The number of carbonyl (C=O) groups excluding carboxylic acids is 1. The topological polar surface area (TPSA) is 53.3 Å². The summed E-state index contributed by atoms with van der Waals surface area (Å²) in [6.45, 7) is 3.52. The van der Waals surface area contributed by atoms with E-state index in [-0.39, 0.29) is 12.6 Å². The molecule has 102 valence electrons. The van der Waals surface area contributed by atoms with Crippen molar-refractivity contribution in [2.75, 3.05) is 24.6 Å². The van der Waals surface area contributed by atoms with E-state index in [1.54, 1.807) is 6.07 Å². The Hall–Kier alpha value is -2.02. The summed E-state index contributed by atoms with van der Waals surface area (Å²) in [6.07, 6.45) is 2.50. The van der Waals surface area contributed by atoms with Crippen LogP contribution in [0, 0.1) is 11.3 Å². The lowest BCUT2D eigenvalue weighted by molar-refractivity contribution is -0.141. The predicted octanol–water partition coefficient (Wildman–Crippen LogP) is 2.75. The summed E-state index contributed by atoms with van der Waals surface area (Å²) in [4.78, 5) is 13.6. The molecule has 0 aliphatic heterocycles. The number of esters is 1. The van der Waals surface area contributed by atoms with Gasteiger partial charge in [0, 0.05) is 18.8 Å². The first-order chi connectivity index (χ1) is 9.27. The molecular formula is C15H20N2O2. The van der Waals surface area contributed by atoms with Crippen molar-refractivity contribution < 1.29 is 9.53 Å². The number of rotatable bonds is 8. The molecule has 0 N–H and O–H groups in total. The van der Waals surface area contributed by atoms with Gasteiger partial charge in [0.15, 0.2) is 6.61 Å². The predicted molar refractivity (Wildman–Crippen MR) is 74.8 cm³/mol. The highest BCUT2D eigenvalue weighted by atomic mass is 16.5. The van der Waals surface area contributed by atoms with Crippen molar-refractivity contribution in [3.63, 3.8) is 0 Å². The minimum atomic E-state index is -0.320. The Morgan fingerprint density at radius 3 is 2.68 bits per heavy atom. The second-order valence-corrected chi connectivity index (χ2v) is 4.24. The van der Waals surface area contributed by atoms with Crippen molar-refractivity contribution in [2.24, 2.45) is 0 Å². The summed E-state index contributed by atoms with van der Waals surface area (Å²) in [5, 5.41) is 8.35. The normalized spacial score (nSPS) is 9.68. The molecule has 1 aromatic rings. The standard InChI is InChI=1S/C15H20N2O2/c1-2-3-11-17(14-7-5-4-6-8-14)12-9-15(18)19-13-10-16/h4-8H,2-3,9,11-13H2,1H3. The quantitative estimate of drug-likeness (QED) is 0.674. The highest BCUT2D eigenvalue weighted by Gasteiger charge is 2.09. The van der Waals surface area contributed by atoms with Gasteiger partial charge in [0.25, 0.3) is 0 Å². The number of nitrogens with zero attached hydrogens (tertiary/aromatic N) is 2. The van der Waals surface area contributed by atoms with Gasteiger partial charge in [0.05, 0.1) is 6.42 Å². The van der Waals surface area contributed by atoms with E-state index in [9.17, 15) is 4.79 Å². The summed E-state index contributed by atoms with van der Waals surface area (Å²) in [5.41, 5.74) is 1.11. The molecule has 1 rings (SSSR count). The second-order valence-electron chi connectivity index (χ2n) is 4.24. The zero-order valence-corrected chi connectivity index (χ0v) is 11.3. The second kappa shape index (κ2) is 8.98. The first-order valence-corrected chi connectivity index (χ1v) is 6.60. The Balaban J connectivity index is 2.51. The fourth-order valence-electron chi connectivity index (χ4n) is 1.77. The van der Waals surface area contributed by atoms with Crippen molar-refractivity contribution in [1.29, 1.82) is 5.26 Å². The fraction of sp³-hybridized carbons (Fsp3) is 0.467. The van der Waals surface area contributed by atoms with Crippen LogP contribution in [0.1, 0.15) is 26.2 Å². The summed E-state index contributed by atoms with van der Waals surface area (Å²) in [6, 6.07) is 11.8. The van der Waals surface area contributed by atoms with Crippen LogP contribution in [0.15, 0.2) is 30.3 Å². The van der Waals surface area contributed by atoms with Crippen LogP contribution in [-0.4, -0.2) is 25.7 Å². The molecule has 0 atom stereocenters. The summed E-state index contributed by atoms with van der Waals surface area (Å²) >= 11 is 0. The monoisotopic (exact) mass is 260 g/mol. The first kappa shape index (κ1) is 15.0. The van der Waals surface area contributed by atoms with Crippen LogP contribution in [0.4, 0.5) is 5.69 Å². The number of carbonyl (C=O) groups is 1. The lowest BCUT2D eigenvalue weighted by Gasteiger charge is -2.24. The molecule has 0 spiro atoms. The number of hydrogen-bond acceptors (Lipinski definition) is 4. The number of anilines is 1. The van der Waals surface area contributed by atoms with Crippen LogP contribution in [0.5, 0.6) is 0 Å². The highest BCUT2D eigenvalue weighted by Crippen LogP contribution is 2.14. The average molecular weight is 260 g/mol. The molecule has 0 aliphatic carbocycles. The smallest absolute Gasteiger partial charge is 0.308 e. The molecule has 0 bridgehead atoms. The van der Waals surface area contributed by atoms with Gasteiger partial charge in [-0.15, -0.1) is 0 Å². The SMILES string of the molecule is CCCCN(CCC(=O)OCC#N)c1ccccc1. The summed E-state index contributed by atoms with van der Waals surface area (Å²) in [5.74, 6) is -0.320. The molecule has 0 aliphatic rings. The molecule has 0 fully saturated rings. The van der Waals surface area contributed by atoms with Crippen molar-refractivity contribution in [3.05, 3.63) is 30.3 Å². The first-order valence-electron chi connectivity index (χ1n) is 6.60. The third-order valence-corrected chi connectivity index (χ3v) is 2.79. The number of para-hydroxylation sites is 1. The number of nitriles is 1. The molecule has 4 nitrogen and oxygen atoms in total. The molecule has 19 heavy (non-hydrogen) atoms. The van der Waals surface area contributed by atoms with E-state index in [2.05, 4.69) is 11.8 Å². The van der Waals surface area contributed by atoms with E-state index in [4.69, 9.17) is 10.00 Å². The van der Waals surface area contributed by atoms with Crippen LogP contribution in [0.2, 0.25) is 0 Å². The average Bonchev–Trinajstić information content (AvgIpc) is 2.46. The van der Waals surface area contributed by atoms with Crippen LogP contribution in [-0.2, 0) is 9.53 Å². The van der Waals surface area contributed by atoms with Gasteiger partial charge in [-0.05, 0) is 18.6 Å². The van der Waals surface area contributed by atoms with Crippen molar-refractivity contribution >= 4 is 11.7 Å². The molecule has 4 heteroatoms. The van der Waals surface area contributed by atoms with E-state index in [0.717, 1.165) is 25.1 Å². The minimum absolute atomic E-state index is 0.168. The third-order valence-electron chi connectivity index (χ3n) is 2.79.